The number of anilines is 2. The number of benzene rings is 1. The van der Waals surface area contributed by atoms with Crippen molar-refractivity contribution in [3.05, 3.63) is 42.1 Å². The number of hydrogen-bond donors (Lipinski definition) is 2. The number of nitrogens with zero attached hydrogens (tertiary/aromatic N) is 2. The zero-order valence-corrected chi connectivity index (χ0v) is 13.5. The Morgan fingerprint density at radius 1 is 1.18 bits per heavy atom. The minimum atomic E-state index is 0.370. The maximum absolute atomic E-state index is 5.16. The second-order valence-corrected chi connectivity index (χ2v) is 5.24. The molecule has 5 nitrogen and oxygen atoms in total. The number of methoxy groups -OCH3 is 1. The van der Waals surface area contributed by atoms with Crippen LogP contribution in [-0.2, 0) is 6.42 Å². The lowest BCUT2D eigenvalue weighted by Gasteiger charge is -2.12. The number of nitrogens with one attached hydrogen (secondary N) is 2. The van der Waals surface area contributed by atoms with E-state index in [9.17, 15) is 0 Å². The molecule has 22 heavy (non-hydrogen) atoms. The first kappa shape index (κ1) is 16.1. The highest BCUT2D eigenvalue weighted by molar-refractivity contribution is 5.40. The summed E-state index contributed by atoms with van der Waals surface area (Å²) in [6, 6.07) is 10.4. The SMILES string of the molecule is CCC(C)Nc1nccc(NCCc2ccc(OC)cc2)n1. The molecule has 0 spiro atoms. The quantitative estimate of drug-likeness (QED) is 0.783. The Balaban J connectivity index is 1.84. The molecule has 1 aromatic carbocycles. The van der Waals surface area contributed by atoms with Crippen molar-refractivity contribution in [1.82, 2.24) is 9.97 Å². The first-order valence-electron chi connectivity index (χ1n) is 7.67. The van der Waals surface area contributed by atoms with Gasteiger partial charge in [0, 0.05) is 18.8 Å². The highest BCUT2D eigenvalue weighted by Gasteiger charge is 2.02. The summed E-state index contributed by atoms with van der Waals surface area (Å²) in [5, 5.41) is 6.61. The first-order chi connectivity index (χ1) is 10.7. The Hall–Kier alpha value is -2.30. The van der Waals surface area contributed by atoms with Gasteiger partial charge in [0.25, 0.3) is 0 Å². The van der Waals surface area contributed by atoms with Gasteiger partial charge in [-0.1, -0.05) is 19.1 Å². The standard InChI is InChI=1S/C17H24N4O/c1-4-13(2)20-17-19-12-10-16(21-17)18-11-9-14-5-7-15(22-3)8-6-14/h5-8,10,12-13H,4,9,11H2,1-3H3,(H2,18,19,20,21). The largest absolute Gasteiger partial charge is 0.497 e. The van der Waals surface area contributed by atoms with E-state index in [0.717, 1.165) is 31.0 Å². The van der Waals surface area contributed by atoms with Crippen molar-refractivity contribution in [3.8, 4) is 5.75 Å². The van der Waals surface area contributed by atoms with Crippen LogP contribution in [0.2, 0.25) is 0 Å². The van der Waals surface area contributed by atoms with E-state index < -0.39 is 0 Å². The van der Waals surface area contributed by atoms with Gasteiger partial charge in [-0.05, 0) is 43.5 Å². The summed E-state index contributed by atoms with van der Waals surface area (Å²) in [5.74, 6) is 2.39. The molecule has 2 rings (SSSR count). The Kier molecular flexibility index (Phi) is 6.01. The zero-order valence-electron chi connectivity index (χ0n) is 13.5. The fourth-order valence-corrected chi connectivity index (χ4v) is 1.98. The fourth-order valence-electron chi connectivity index (χ4n) is 1.98. The van der Waals surface area contributed by atoms with E-state index in [4.69, 9.17) is 4.74 Å². The predicted molar refractivity (Wildman–Crippen MR) is 90.6 cm³/mol. The van der Waals surface area contributed by atoms with E-state index >= 15 is 0 Å². The van der Waals surface area contributed by atoms with Crippen molar-refractivity contribution in [2.24, 2.45) is 0 Å². The van der Waals surface area contributed by atoms with Crippen molar-refractivity contribution >= 4 is 11.8 Å². The van der Waals surface area contributed by atoms with Crippen LogP contribution in [0.1, 0.15) is 25.8 Å². The molecule has 0 saturated carbocycles. The molecule has 1 aromatic heterocycles. The molecule has 0 aliphatic rings. The van der Waals surface area contributed by atoms with Crippen molar-refractivity contribution < 1.29 is 4.74 Å². The third kappa shape index (κ3) is 4.91. The monoisotopic (exact) mass is 300 g/mol. The summed E-state index contributed by atoms with van der Waals surface area (Å²) in [5.41, 5.74) is 1.26. The molecular weight excluding hydrogens is 276 g/mol. The third-order valence-electron chi connectivity index (χ3n) is 3.52. The molecule has 0 aliphatic carbocycles. The molecule has 0 radical (unpaired) electrons. The van der Waals surface area contributed by atoms with Gasteiger partial charge < -0.3 is 15.4 Å². The van der Waals surface area contributed by atoms with Gasteiger partial charge in [0.15, 0.2) is 0 Å². The minimum Gasteiger partial charge on any atom is -0.497 e. The Morgan fingerprint density at radius 2 is 1.95 bits per heavy atom. The molecule has 0 fully saturated rings. The van der Waals surface area contributed by atoms with Crippen LogP contribution in [0.4, 0.5) is 11.8 Å². The molecule has 1 heterocycles. The maximum Gasteiger partial charge on any atom is 0.224 e. The van der Waals surface area contributed by atoms with Gasteiger partial charge in [-0.25, -0.2) is 4.98 Å². The molecule has 0 saturated heterocycles. The average molecular weight is 300 g/mol. The van der Waals surface area contributed by atoms with Gasteiger partial charge in [-0.2, -0.15) is 4.98 Å². The van der Waals surface area contributed by atoms with Crippen LogP contribution >= 0.6 is 0 Å². The lowest BCUT2D eigenvalue weighted by Crippen LogP contribution is -2.16. The van der Waals surface area contributed by atoms with Crippen LogP contribution in [-0.4, -0.2) is 29.7 Å². The molecule has 1 atom stereocenters. The molecule has 1 unspecified atom stereocenters. The van der Waals surface area contributed by atoms with Crippen LogP contribution in [0, 0.1) is 0 Å². The second-order valence-electron chi connectivity index (χ2n) is 5.24. The van der Waals surface area contributed by atoms with Gasteiger partial charge in [0.1, 0.15) is 11.6 Å². The Morgan fingerprint density at radius 3 is 2.64 bits per heavy atom. The minimum absolute atomic E-state index is 0.370. The summed E-state index contributed by atoms with van der Waals surface area (Å²) in [7, 11) is 1.68. The molecular formula is C17H24N4O. The van der Waals surface area contributed by atoms with Gasteiger partial charge in [0.2, 0.25) is 5.95 Å². The number of rotatable bonds is 8. The van der Waals surface area contributed by atoms with Crippen LogP contribution < -0.4 is 15.4 Å². The first-order valence-corrected chi connectivity index (χ1v) is 7.67. The predicted octanol–water partition coefficient (Wildman–Crippen LogP) is 3.35. The molecule has 118 valence electrons. The van der Waals surface area contributed by atoms with E-state index in [-0.39, 0.29) is 0 Å². The van der Waals surface area contributed by atoms with E-state index in [2.05, 4.69) is 46.6 Å². The number of hydrogen-bond acceptors (Lipinski definition) is 5. The van der Waals surface area contributed by atoms with E-state index in [1.165, 1.54) is 5.56 Å². The third-order valence-corrected chi connectivity index (χ3v) is 3.52. The van der Waals surface area contributed by atoms with Gasteiger partial charge >= 0.3 is 0 Å². The molecule has 0 aliphatic heterocycles. The average Bonchev–Trinajstić information content (AvgIpc) is 2.56. The van der Waals surface area contributed by atoms with Gasteiger partial charge in [0.05, 0.1) is 7.11 Å². The lowest BCUT2D eigenvalue weighted by molar-refractivity contribution is 0.414. The van der Waals surface area contributed by atoms with Crippen molar-refractivity contribution in [2.45, 2.75) is 32.7 Å². The van der Waals surface area contributed by atoms with E-state index in [0.29, 0.717) is 12.0 Å². The number of aromatic nitrogens is 2. The summed E-state index contributed by atoms with van der Waals surface area (Å²) >= 11 is 0. The van der Waals surface area contributed by atoms with E-state index in [1.54, 1.807) is 13.3 Å². The van der Waals surface area contributed by atoms with Crippen LogP contribution in [0.3, 0.4) is 0 Å². The van der Waals surface area contributed by atoms with Crippen LogP contribution in [0.25, 0.3) is 0 Å². The normalized spacial score (nSPS) is 11.8. The molecule has 2 N–H and O–H groups in total. The fraction of sp³-hybridized carbons (Fsp3) is 0.412. The molecule has 0 bridgehead atoms. The lowest BCUT2D eigenvalue weighted by atomic mass is 10.1. The smallest absolute Gasteiger partial charge is 0.224 e. The van der Waals surface area contributed by atoms with Gasteiger partial charge in [-0.3, -0.25) is 0 Å². The highest BCUT2D eigenvalue weighted by Crippen LogP contribution is 2.12. The summed E-state index contributed by atoms with van der Waals surface area (Å²) < 4.78 is 5.16. The summed E-state index contributed by atoms with van der Waals surface area (Å²) in [6.45, 7) is 5.08. The zero-order chi connectivity index (χ0) is 15.8. The van der Waals surface area contributed by atoms with Crippen molar-refractivity contribution in [2.75, 3.05) is 24.3 Å². The van der Waals surface area contributed by atoms with Crippen LogP contribution in [0.15, 0.2) is 36.5 Å². The summed E-state index contributed by atoms with van der Waals surface area (Å²) in [4.78, 5) is 8.70. The van der Waals surface area contributed by atoms with Crippen LogP contribution in [0.5, 0.6) is 5.75 Å². The summed E-state index contributed by atoms with van der Waals surface area (Å²) in [6.07, 6.45) is 3.74. The van der Waals surface area contributed by atoms with E-state index in [1.807, 2.05) is 18.2 Å². The van der Waals surface area contributed by atoms with Crippen molar-refractivity contribution in [3.63, 3.8) is 0 Å². The van der Waals surface area contributed by atoms with Crippen molar-refractivity contribution in [1.29, 1.82) is 0 Å². The van der Waals surface area contributed by atoms with Gasteiger partial charge in [-0.15, -0.1) is 0 Å². The molecule has 0 amide bonds. The Bertz CT molecular complexity index is 571. The topological polar surface area (TPSA) is 59.1 Å². The molecule has 5 heteroatoms. The maximum atomic E-state index is 5.16. The number of ether oxygens (including phenoxy) is 1. The highest BCUT2D eigenvalue weighted by atomic mass is 16.5. The second kappa shape index (κ2) is 8.22. The Labute approximate surface area is 132 Å². The molecule has 2 aromatic rings.